The van der Waals surface area contributed by atoms with E-state index in [9.17, 15) is 5.11 Å². The summed E-state index contributed by atoms with van der Waals surface area (Å²) in [4.78, 5) is 0. The molecule has 0 aliphatic rings. The number of aromatic hydroxyl groups is 1. The first-order chi connectivity index (χ1) is 5.65. The molecular weight excluding hydrogens is 150 g/mol. The average molecular weight is 163 g/mol. The van der Waals surface area contributed by atoms with Crippen LogP contribution in [0, 0.1) is 6.92 Å². The molecule has 0 aromatic heterocycles. The van der Waals surface area contributed by atoms with Gasteiger partial charge in [0.25, 0.3) is 0 Å². The van der Waals surface area contributed by atoms with E-state index in [2.05, 4.69) is 6.58 Å². The highest BCUT2D eigenvalue weighted by Gasteiger charge is 2.02. The van der Waals surface area contributed by atoms with Crippen LogP contribution in [-0.4, -0.2) is 11.7 Å². The van der Waals surface area contributed by atoms with Crippen LogP contribution in [0.3, 0.4) is 0 Å². The normalized spacial score (nSPS) is 9.83. The fourth-order valence-electron chi connectivity index (χ4n) is 1.04. The van der Waals surface area contributed by atoms with Crippen LogP contribution >= 0.6 is 0 Å². The van der Waals surface area contributed by atoms with E-state index in [1.165, 1.54) is 0 Å². The number of rotatable bonds is 2. The lowest BCUT2D eigenvalue weighted by molar-refractivity contribution is 0.473. The molecule has 1 rings (SSSR count). The van der Waals surface area contributed by atoms with Crippen molar-refractivity contribution in [1.82, 2.24) is 0 Å². The number of aryl methyl sites for hydroxylation is 1. The first-order valence-corrected chi connectivity index (χ1v) is 3.83. The smallest absolute Gasteiger partial charge is 0.123 e. The van der Waals surface area contributed by atoms with E-state index in [1.807, 2.05) is 19.1 Å². The molecule has 0 bridgehead atoms. The van der Waals surface area contributed by atoms with E-state index >= 15 is 0 Å². The standard InChI is InChI=1S/C10H13NO/c1-7-3-4-10(12)9(5-7)8(2)6-11/h3-5,12H,2,6,11H2,1H3. The molecule has 0 aliphatic heterocycles. The van der Waals surface area contributed by atoms with Crippen LogP contribution in [0.1, 0.15) is 11.1 Å². The minimum Gasteiger partial charge on any atom is -0.507 e. The van der Waals surface area contributed by atoms with Crippen molar-refractivity contribution in [1.29, 1.82) is 0 Å². The van der Waals surface area contributed by atoms with E-state index in [0.29, 0.717) is 6.54 Å². The third-order valence-electron chi connectivity index (χ3n) is 1.78. The van der Waals surface area contributed by atoms with Gasteiger partial charge in [0.1, 0.15) is 5.75 Å². The molecule has 1 aromatic rings. The predicted octanol–water partition coefficient (Wildman–Crippen LogP) is 1.67. The highest BCUT2D eigenvalue weighted by atomic mass is 16.3. The Bertz CT molecular complexity index is 305. The zero-order chi connectivity index (χ0) is 9.14. The number of phenolic OH excluding ortho intramolecular Hbond substituents is 1. The molecular formula is C10H13NO. The summed E-state index contributed by atoms with van der Waals surface area (Å²) >= 11 is 0. The summed E-state index contributed by atoms with van der Waals surface area (Å²) in [6.07, 6.45) is 0. The first-order valence-electron chi connectivity index (χ1n) is 3.83. The van der Waals surface area contributed by atoms with E-state index in [0.717, 1.165) is 16.7 Å². The SMILES string of the molecule is C=C(CN)c1cc(C)ccc1O. The van der Waals surface area contributed by atoms with E-state index in [-0.39, 0.29) is 5.75 Å². The van der Waals surface area contributed by atoms with Gasteiger partial charge in [0.2, 0.25) is 0 Å². The molecule has 0 atom stereocenters. The molecule has 0 radical (unpaired) electrons. The Morgan fingerprint density at radius 3 is 2.83 bits per heavy atom. The maximum absolute atomic E-state index is 9.42. The molecule has 0 fully saturated rings. The molecule has 64 valence electrons. The lowest BCUT2D eigenvalue weighted by atomic mass is 10.0. The van der Waals surface area contributed by atoms with E-state index < -0.39 is 0 Å². The van der Waals surface area contributed by atoms with Gasteiger partial charge in [-0.3, -0.25) is 0 Å². The average Bonchev–Trinajstić information content (AvgIpc) is 2.08. The van der Waals surface area contributed by atoms with Gasteiger partial charge >= 0.3 is 0 Å². The summed E-state index contributed by atoms with van der Waals surface area (Å²) in [6, 6.07) is 5.39. The molecule has 0 saturated carbocycles. The molecule has 1 aromatic carbocycles. The van der Waals surface area contributed by atoms with Crippen LogP contribution in [0.5, 0.6) is 5.75 Å². The first kappa shape index (κ1) is 8.81. The van der Waals surface area contributed by atoms with Crippen LogP contribution in [0.2, 0.25) is 0 Å². The Labute approximate surface area is 72.3 Å². The second kappa shape index (κ2) is 3.41. The lowest BCUT2D eigenvalue weighted by Crippen LogP contribution is -2.01. The van der Waals surface area contributed by atoms with Crippen molar-refractivity contribution in [2.75, 3.05) is 6.54 Å². The van der Waals surface area contributed by atoms with Gasteiger partial charge in [-0.15, -0.1) is 0 Å². The van der Waals surface area contributed by atoms with E-state index in [1.54, 1.807) is 6.07 Å². The maximum atomic E-state index is 9.42. The number of benzene rings is 1. The maximum Gasteiger partial charge on any atom is 0.123 e. The Hall–Kier alpha value is -1.28. The highest BCUT2D eigenvalue weighted by Crippen LogP contribution is 2.23. The minimum absolute atomic E-state index is 0.246. The van der Waals surface area contributed by atoms with Gasteiger partial charge in [0.15, 0.2) is 0 Å². The van der Waals surface area contributed by atoms with Crippen LogP contribution in [0.15, 0.2) is 24.8 Å². The number of hydrogen-bond donors (Lipinski definition) is 2. The van der Waals surface area contributed by atoms with Crippen molar-refractivity contribution in [3.8, 4) is 5.75 Å². The molecule has 0 unspecified atom stereocenters. The third-order valence-corrected chi connectivity index (χ3v) is 1.78. The van der Waals surface area contributed by atoms with Crippen molar-refractivity contribution in [2.45, 2.75) is 6.92 Å². The minimum atomic E-state index is 0.246. The zero-order valence-corrected chi connectivity index (χ0v) is 7.17. The van der Waals surface area contributed by atoms with E-state index in [4.69, 9.17) is 5.73 Å². The molecule has 0 heterocycles. The summed E-state index contributed by atoms with van der Waals surface area (Å²) in [5.74, 6) is 0.246. The molecule has 0 amide bonds. The van der Waals surface area contributed by atoms with Crippen LogP contribution in [0.4, 0.5) is 0 Å². The monoisotopic (exact) mass is 163 g/mol. The van der Waals surface area contributed by atoms with Gasteiger partial charge in [-0.2, -0.15) is 0 Å². The lowest BCUT2D eigenvalue weighted by Gasteiger charge is -2.06. The second-order valence-corrected chi connectivity index (χ2v) is 2.83. The van der Waals surface area contributed by atoms with Crippen molar-refractivity contribution in [3.05, 3.63) is 35.9 Å². The molecule has 0 saturated heterocycles. The quantitative estimate of drug-likeness (QED) is 0.696. The third kappa shape index (κ3) is 1.66. The highest BCUT2D eigenvalue weighted by molar-refractivity contribution is 5.69. The Morgan fingerprint density at radius 1 is 1.58 bits per heavy atom. The Balaban J connectivity index is 3.13. The molecule has 2 nitrogen and oxygen atoms in total. The van der Waals surface area contributed by atoms with Crippen LogP contribution < -0.4 is 5.73 Å². The van der Waals surface area contributed by atoms with Gasteiger partial charge in [-0.1, -0.05) is 18.2 Å². The molecule has 0 spiro atoms. The largest absolute Gasteiger partial charge is 0.507 e. The van der Waals surface area contributed by atoms with Gasteiger partial charge in [-0.05, 0) is 24.6 Å². The Morgan fingerprint density at radius 2 is 2.25 bits per heavy atom. The number of hydrogen-bond acceptors (Lipinski definition) is 2. The molecule has 2 heteroatoms. The summed E-state index contributed by atoms with van der Waals surface area (Å²) < 4.78 is 0. The summed E-state index contributed by atoms with van der Waals surface area (Å²) in [7, 11) is 0. The van der Waals surface area contributed by atoms with Crippen molar-refractivity contribution in [3.63, 3.8) is 0 Å². The Kier molecular flexibility index (Phi) is 2.51. The van der Waals surface area contributed by atoms with Crippen molar-refractivity contribution < 1.29 is 5.11 Å². The fourth-order valence-corrected chi connectivity index (χ4v) is 1.04. The second-order valence-electron chi connectivity index (χ2n) is 2.83. The topological polar surface area (TPSA) is 46.2 Å². The molecule has 3 N–H and O–H groups in total. The summed E-state index contributed by atoms with van der Waals surface area (Å²) in [5.41, 5.74) is 8.02. The van der Waals surface area contributed by atoms with Gasteiger partial charge in [-0.25, -0.2) is 0 Å². The van der Waals surface area contributed by atoms with Gasteiger partial charge in [0.05, 0.1) is 0 Å². The fraction of sp³-hybridized carbons (Fsp3) is 0.200. The summed E-state index contributed by atoms with van der Waals surface area (Å²) in [6.45, 7) is 6.10. The number of phenols is 1. The van der Waals surface area contributed by atoms with Crippen molar-refractivity contribution >= 4 is 5.57 Å². The molecule has 0 aliphatic carbocycles. The molecule has 12 heavy (non-hydrogen) atoms. The zero-order valence-electron chi connectivity index (χ0n) is 7.17. The van der Waals surface area contributed by atoms with Crippen molar-refractivity contribution in [2.24, 2.45) is 5.73 Å². The predicted molar refractivity (Wildman–Crippen MR) is 50.9 cm³/mol. The summed E-state index contributed by atoms with van der Waals surface area (Å²) in [5, 5.41) is 9.42. The van der Waals surface area contributed by atoms with Crippen LogP contribution in [-0.2, 0) is 0 Å². The van der Waals surface area contributed by atoms with Gasteiger partial charge in [0, 0.05) is 12.1 Å². The van der Waals surface area contributed by atoms with Gasteiger partial charge < -0.3 is 10.8 Å². The number of nitrogens with two attached hydrogens (primary N) is 1. The van der Waals surface area contributed by atoms with Crippen LogP contribution in [0.25, 0.3) is 5.57 Å².